The molecule has 2 heterocycles. The number of piperidine rings is 1. The molecule has 1 unspecified atom stereocenters. The summed E-state index contributed by atoms with van der Waals surface area (Å²) in [7, 11) is 1.48. The van der Waals surface area contributed by atoms with Crippen molar-refractivity contribution >= 4 is 17.8 Å². The van der Waals surface area contributed by atoms with Crippen LogP contribution < -0.4 is 10.6 Å². The van der Waals surface area contributed by atoms with E-state index in [0.29, 0.717) is 31.3 Å². The molecule has 2 amide bonds. The summed E-state index contributed by atoms with van der Waals surface area (Å²) < 4.78 is 5.40. The second kappa shape index (κ2) is 6.00. The van der Waals surface area contributed by atoms with Gasteiger partial charge in [0.05, 0.1) is 6.54 Å². The third-order valence-electron chi connectivity index (χ3n) is 3.08. The molecule has 0 aromatic carbocycles. The van der Waals surface area contributed by atoms with Crippen LogP contribution in [0.15, 0.2) is 4.42 Å². The Morgan fingerprint density at radius 3 is 2.85 bits per heavy atom. The summed E-state index contributed by atoms with van der Waals surface area (Å²) in [6, 6.07) is 0.0219. The summed E-state index contributed by atoms with van der Waals surface area (Å²) in [5.41, 5.74) is 0. The van der Waals surface area contributed by atoms with Crippen LogP contribution in [-0.2, 0) is 16.1 Å². The van der Waals surface area contributed by atoms with Crippen LogP contribution in [0.1, 0.15) is 32.6 Å². The fourth-order valence-corrected chi connectivity index (χ4v) is 1.87. The van der Waals surface area contributed by atoms with Crippen LogP contribution in [0.4, 0.5) is 6.01 Å². The van der Waals surface area contributed by atoms with Crippen LogP contribution in [0.25, 0.3) is 0 Å². The fourth-order valence-electron chi connectivity index (χ4n) is 1.87. The molecule has 110 valence electrons. The van der Waals surface area contributed by atoms with E-state index >= 15 is 0 Å². The van der Waals surface area contributed by atoms with E-state index in [1.54, 1.807) is 0 Å². The number of nitrogens with zero attached hydrogens (tertiary/aromatic N) is 3. The minimum absolute atomic E-state index is 0.166. The van der Waals surface area contributed by atoms with Gasteiger partial charge in [-0.2, -0.15) is 0 Å². The minimum Gasteiger partial charge on any atom is -0.407 e. The standard InChI is InChI=1S/C12H19N5O3/c1-7(2)13-6-9-15-16-12(20-9)14-8-4-5-10(18)17(3)11(8)19/h7-8,13H,4-6H2,1-3H3,(H,14,16). The van der Waals surface area contributed by atoms with Gasteiger partial charge >= 0.3 is 6.01 Å². The van der Waals surface area contributed by atoms with E-state index in [4.69, 9.17) is 4.42 Å². The van der Waals surface area contributed by atoms with Crippen molar-refractivity contribution in [2.24, 2.45) is 0 Å². The van der Waals surface area contributed by atoms with Crippen LogP contribution in [0.5, 0.6) is 0 Å². The quantitative estimate of drug-likeness (QED) is 0.740. The van der Waals surface area contributed by atoms with E-state index < -0.39 is 6.04 Å². The molecule has 0 bridgehead atoms. The van der Waals surface area contributed by atoms with Gasteiger partial charge in [-0.15, -0.1) is 5.10 Å². The average molecular weight is 281 g/mol. The van der Waals surface area contributed by atoms with Gasteiger partial charge in [-0.25, -0.2) is 0 Å². The lowest BCUT2D eigenvalue weighted by molar-refractivity contribution is -0.146. The molecule has 1 aliphatic rings. The molecule has 0 saturated carbocycles. The van der Waals surface area contributed by atoms with Gasteiger partial charge in [0.25, 0.3) is 5.91 Å². The Morgan fingerprint density at radius 1 is 1.40 bits per heavy atom. The molecule has 8 heteroatoms. The van der Waals surface area contributed by atoms with E-state index in [1.807, 2.05) is 13.8 Å². The van der Waals surface area contributed by atoms with Crippen molar-refractivity contribution in [1.29, 1.82) is 0 Å². The Hall–Kier alpha value is -1.96. The van der Waals surface area contributed by atoms with Crippen LogP contribution in [0.2, 0.25) is 0 Å². The van der Waals surface area contributed by atoms with Crippen LogP contribution in [-0.4, -0.2) is 46.0 Å². The number of likely N-dealkylation sites (tertiary alicyclic amines) is 1. The van der Waals surface area contributed by atoms with Gasteiger partial charge in [0, 0.05) is 19.5 Å². The molecule has 0 radical (unpaired) electrons. The van der Waals surface area contributed by atoms with Crippen molar-refractivity contribution in [1.82, 2.24) is 20.4 Å². The molecule has 1 saturated heterocycles. The number of aromatic nitrogens is 2. The number of anilines is 1. The molecule has 2 rings (SSSR count). The lowest BCUT2D eigenvalue weighted by Crippen LogP contribution is -2.48. The smallest absolute Gasteiger partial charge is 0.316 e. The molecule has 1 aromatic heterocycles. The average Bonchev–Trinajstić information content (AvgIpc) is 2.85. The third kappa shape index (κ3) is 3.32. The van der Waals surface area contributed by atoms with Gasteiger partial charge in [-0.3, -0.25) is 14.5 Å². The SMILES string of the molecule is CC(C)NCc1nnc(NC2CCC(=O)N(C)C2=O)o1. The largest absolute Gasteiger partial charge is 0.407 e. The lowest BCUT2D eigenvalue weighted by atomic mass is 10.1. The number of nitrogens with one attached hydrogen (secondary N) is 2. The van der Waals surface area contributed by atoms with Gasteiger partial charge in [0.1, 0.15) is 6.04 Å². The highest BCUT2D eigenvalue weighted by Crippen LogP contribution is 2.16. The number of likely N-dealkylation sites (N-methyl/N-ethyl adjacent to an activating group) is 1. The zero-order valence-corrected chi connectivity index (χ0v) is 11.8. The first-order chi connectivity index (χ1) is 9.47. The summed E-state index contributed by atoms with van der Waals surface area (Å²) in [5.74, 6) is 0.00981. The van der Waals surface area contributed by atoms with Gasteiger partial charge in [0.2, 0.25) is 11.8 Å². The minimum atomic E-state index is -0.496. The zero-order valence-electron chi connectivity index (χ0n) is 11.8. The maximum atomic E-state index is 11.9. The Kier molecular flexibility index (Phi) is 4.33. The number of carbonyl (C=O) groups is 2. The number of rotatable bonds is 5. The Morgan fingerprint density at radius 2 is 2.15 bits per heavy atom. The predicted molar refractivity (Wildman–Crippen MR) is 70.7 cm³/mol. The van der Waals surface area contributed by atoms with Crippen LogP contribution >= 0.6 is 0 Å². The first-order valence-corrected chi connectivity index (χ1v) is 6.60. The number of hydrogen-bond acceptors (Lipinski definition) is 7. The van der Waals surface area contributed by atoms with Crippen LogP contribution in [0.3, 0.4) is 0 Å². The van der Waals surface area contributed by atoms with E-state index in [0.717, 1.165) is 4.90 Å². The maximum Gasteiger partial charge on any atom is 0.316 e. The zero-order chi connectivity index (χ0) is 14.7. The second-order valence-corrected chi connectivity index (χ2v) is 5.06. The third-order valence-corrected chi connectivity index (χ3v) is 3.08. The highest BCUT2D eigenvalue weighted by molar-refractivity contribution is 6.01. The first kappa shape index (κ1) is 14.4. The number of hydrogen-bond donors (Lipinski definition) is 2. The normalized spacial score (nSPS) is 19.8. The molecular formula is C12H19N5O3. The molecule has 8 nitrogen and oxygen atoms in total. The van der Waals surface area contributed by atoms with Crippen molar-refractivity contribution in [2.45, 2.75) is 45.3 Å². The molecule has 1 aromatic rings. The highest BCUT2D eigenvalue weighted by atomic mass is 16.4. The van der Waals surface area contributed by atoms with Gasteiger partial charge < -0.3 is 15.1 Å². The Bertz CT molecular complexity index is 499. The monoisotopic (exact) mass is 281 g/mol. The Labute approximate surface area is 116 Å². The Balaban J connectivity index is 1.93. The topological polar surface area (TPSA) is 100 Å². The van der Waals surface area contributed by atoms with Crippen molar-refractivity contribution < 1.29 is 14.0 Å². The van der Waals surface area contributed by atoms with Crippen molar-refractivity contribution in [3.63, 3.8) is 0 Å². The van der Waals surface area contributed by atoms with Gasteiger partial charge in [-0.1, -0.05) is 18.9 Å². The van der Waals surface area contributed by atoms with E-state index in [1.165, 1.54) is 7.05 Å². The summed E-state index contributed by atoms with van der Waals surface area (Å²) in [6.07, 6.45) is 0.764. The second-order valence-electron chi connectivity index (χ2n) is 5.06. The number of imide groups is 1. The van der Waals surface area contributed by atoms with Gasteiger partial charge in [0.15, 0.2) is 0 Å². The van der Waals surface area contributed by atoms with E-state index in [-0.39, 0.29) is 17.8 Å². The van der Waals surface area contributed by atoms with Gasteiger partial charge in [-0.05, 0) is 6.42 Å². The van der Waals surface area contributed by atoms with Crippen molar-refractivity contribution in [3.8, 4) is 0 Å². The molecule has 20 heavy (non-hydrogen) atoms. The summed E-state index contributed by atoms with van der Waals surface area (Å²) in [6.45, 7) is 4.51. The van der Waals surface area contributed by atoms with E-state index in [9.17, 15) is 9.59 Å². The van der Waals surface area contributed by atoms with Crippen LogP contribution in [0, 0.1) is 0 Å². The first-order valence-electron chi connectivity index (χ1n) is 6.60. The molecular weight excluding hydrogens is 262 g/mol. The summed E-state index contributed by atoms with van der Waals surface area (Å²) in [4.78, 5) is 24.4. The highest BCUT2D eigenvalue weighted by Gasteiger charge is 2.32. The molecule has 0 spiro atoms. The number of carbonyl (C=O) groups excluding carboxylic acids is 2. The summed E-state index contributed by atoms with van der Waals surface area (Å²) >= 11 is 0. The van der Waals surface area contributed by atoms with Crippen molar-refractivity contribution in [2.75, 3.05) is 12.4 Å². The van der Waals surface area contributed by atoms with Crippen molar-refractivity contribution in [3.05, 3.63) is 5.89 Å². The molecule has 0 aliphatic carbocycles. The molecule has 2 N–H and O–H groups in total. The lowest BCUT2D eigenvalue weighted by Gasteiger charge is -2.27. The predicted octanol–water partition coefficient (Wildman–Crippen LogP) is 0.127. The fraction of sp³-hybridized carbons (Fsp3) is 0.667. The molecule has 1 fully saturated rings. The molecule has 1 aliphatic heterocycles. The van der Waals surface area contributed by atoms with E-state index in [2.05, 4.69) is 20.8 Å². The summed E-state index contributed by atoms with van der Waals surface area (Å²) in [5, 5.41) is 13.8. The maximum absolute atomic E-state index is 11.9. The molecule has 1 atom stereocenters. The number of amides is 2.